The fourth-order valence-corrected chi connectivity index (χ4v) is 8.27. The van der Waals surface area contributed by atoms with Crippen LogP contribution in [0.2, 0.25) is 0 Å². The summed E-state index contributed by atoms with van der Waals surface area (Å²) in [6.07, 6.45) is 0.0178. The van der Waals surface area contributed by atoms with Crippen LogP contribution < -0.4 is 5.32 Å². The zero-order valence-corrected chi connectivity index (χ0v) is 25.9. The van der Waals surface area contributed by atoms with E-state index in [1.807, 2.05) is 0 Å². The number of nitrogens with one attached hydrogen (secondary N) is 1. The lowest BCUT2D eigenvalue weighted by atomic mass is 9.44. The van der Waals surface area contributed by atoms with Gasteiger partial charge in [0.05, 0.1) is 36.3 Å². The molecule has 0 aromatic heterocycles. The predicted molar refractivity (Wildman–Crippen MR) is 156 cm³/mol. The quantitative estimate of drug-likeness (QED) is 0.120. The molecule has 3 saturated carbocycles. The summed E-state index contributed by atoms with van der Waals surface area (Å²) in [6.45, 7) is 1.67. The maximum Gasteiger partial charge on any atom is 0.407 e. The third-order valence-electron chi connectivity index (χ3n) is 10.8. The number of carbonyl (C=O) groups excluding carboxylic acids is 4. The van der Waals surface area contributed by atoms with Crippen molar-refractivity contribution >= 4 is 23.6 Å². The summed E-state index contributed by atoms with van der Waals surface area (Å²) in [5, 5.41) is 53.3. The standard InChI is InChI=1S/C32H39FN2O12/c1-29-10-9-21(36)13-20(29)7-8-22-23-14-24(37)32(42,30(23,2)15-25(38)31(22,29)33)26(39)17-46-28(41)34-11-12-45-27(40)19-5-3-18(4-6-19)16-47-35(43)44/h3-6,9-10,13,22-25,37-38,42-44H,7-8,11-12,14-17H2,1-2H3,(H,34,41)/t22-,23-,24+,25-,29-,30-,31-,32-/m0/s1. The molecule has 1 aromatic rings. The Hall–Kier alpha value is -3.57. The molecule has 0 unspecified atom stereocenters. The maximum absolute atomic E-state index is 17.2. The van der Waals surface area contributed by atoms with E-state index in [1.54, 1.807) is 6.92 Å². The van der Waals surface area contributed by atoms with Gasteiger partial charge in [-0.15, -0.1) is 0 Å². The van der Waals surface area contributed by atoms with E-state index in [9.17, 15) is 34.5 Å². The zero-order chi connectivity index (χ0) is 34.4. The summed E-state index contributed by atoms with van der Waals surface area (Å²) in [6, 6.07) is 5.87. The van der Waals surface area contributed by atoms with Crippen LogP contribution >= 0.6 is 0 Å². The van der Waals surface area contributed by atoms with Crippen molar-refractivity contribution in [3.63, 3.8) is 0 Å². The highest BCUT2D eigenvalue weighted by molar-refractivity contribution is 6.01. The minimum Gasteiger partial charge on any atom is -0.460 e. The van der Waals surface area contributed by atoms with Crippen LogP contribution in [0.25, 0.3) is 0 Å². The van der Waals surface area contributed by atoms with Gasteiger partial charge in [0.2, 0.25) is 5.78 Å². The molecule has 3 fully saturated rings. The number of alkyl halides is 1. The van der Waals surface area contributed by atoms with E-state index in [2.05, 4.69) is 10.2 Å². The van der Waals surface area contributed by atoms with Crippen molar-refractivity contribution in [3.05, 3.63) is 59.2 Å². The van der Waals surface area contributed by atoms with Gasteiger partial charge in [-0.25, -0.2) is 18.8 Å². The van der Waals surface area contributed by atoms with Gasteiger partial charge in [-0.05, 0) is 68.4 Å². The number of ether oxygens (including phenoxy) is 2. The van der Waals surface area contributed by atoms with E-state index in [0.29, 0.717) is 17.6 Å². The number of carbonyl (C=O) groups is 4. The first-order valence-electron chi connectivity index (χ1n) is 15.3. The Morgan fingerprint density at radius 1 is 1.06 bits per heavy atom. The SMILES string of the molecule is C[C@]12C=CC(=O)C=C1CC[C@H]1[C@@H]3C[C@@H](O)[C@](O)(C(=O)COC(=O)NCCOC(=O)c4ccc(CON(O)O)cc4)[C@@]3(C)C[C@H](O)[C@@]12F. The molecular weight excluding hydrogens is 623 g/mol. The minimum atomic E-state index is -2.44. The molecule has 0 spiro atoms. The number of esters is 1. The Bertz CT molecular complexity index is 1480. The van der Waals surface area contributed by atoms with Gasteiger partial charge < -0.3 is 30.1 Å². The van der Waals surface area contributed by atoms with Crippen molar-refractivity contribution in [1.82, 2.24) is 10.7 Å². The molecule has 1 amide bonds. The summed E-state index contributed by atoms with van der Waals surface area (Å²) in [5.74, 6) is -3.51. The first-order chi connectivity index (χ1) is 22.1. The molecule has 4 aliphatic carbocycles. The summed E-state index contributed by atoms with van der Waals surface area (Å²) in [4.78, 5) is 54.5. The average molecular weight is 663 g/mol. The van der Waals surface area contributed by atoms with Gasteiger partial charge in [-0.3, -0.25) is 20.0 Å². The zero-order valence-electron chi connectivity index (χ0n) is 25.9. The average Bonchev–Trinajstić information content (AvgIpc) is 3.23. The molecule has 14 nitrogen and oxygen atoms in total. The highest BCUT2D eigenvalue weighted by atomic mass is 19.1. The lowest BCUT2D eigenvalue weighted by Crippen LogP contribution is -2.69. The van der Waals surface area contributed by atoms with Gasteiger partial charge in [0.25, 0.3) is 0 Å². The number of rotatable bonds is 10. The van der Waals surface area contributed by atoms with Gasteiger partial charge >= 0.3 is 12.1 Å². The third kappa shape index (κ3) is 5.79. The summed E-state index contributed by atoms with van der Waals surface area (Å²) in [5.41, 5.74) is -6.09. The highest BCUT2D eigenvalue weighted by Crippen LogP contribution is 2.69. The lowest BCUT2D eigenvalue weighted by molar-refractivity contribution is -0.497. The predicted octanol–water partition coefficient (Wildman–Crippen LogP) is 1.72. The fraction of sp³-hybridized carbons (Fsp3) is 0.562. The van der Waals surface area contributed by atoms with Crippen molar-refractivity contribution in [2.45, 2.75) is 69.6 Å². The second-order valence-electron chi connectivity index (χ2n) is 13.1. The number of benzene rings is 1. The normalized spacial score (nSPS) is 35.8. The molecule has 6 N–H and O–H groups in total. The van der Waals surface area contributed by atoms with Crippen LogP contribution in [0.4, 0.5) is 9.18 Å². The van der Waals surface area contributed by atoms with Gasteiger partial charge in [-0.1, -0.05) is 30.7 Å². The summed E-state index contributed by atoms with van der Waals surface area (Å²) >= 11 is 0. The Morgan fingerprint density at radius 2 is 1.77 bits per heavy atom. The van der Waals surface area contributed by atoms with Crippen molar-refractivity contribution in [3.8, 4) is 0 Å². The third-order valence-corrected chi connectivity index (χ3v) is 10.8. The number of aliphatic hydroxyl groups is 3. The van der Waals surface area contributed by atoms with Crippen molar-refractivity contribution in [2.75, 3.05) is 19.8 Å². The van der Waals surface area contributed by atoms with Crippen molar-refractivity contribution < 1.29 is 63.6 Å². The molecule has 8 atom stereocenters. The molecule has 256 valence electrons. The van der Waals surface area contributed by atoms with Crippen LogP contribution in [0.5, 0.6) is 0 Å². The Labute approximate surface area is 269 Å². The second-order valence-corrected chi connectivity index (χ2v) is 13.1. The Kier molecular flexibility index (Phi) is 9.47. The summed E-state index contributed by atoms with van der Waals surface area (Å²) < 4.78 is 27.3. The van der Waals surface area contributed by atoms with E-state index < -0.39 is 76.0 Å². The first kappa shape index (κ1) is 34.8. The number of alkyl carbamates (subject to hydrolysis) is 1. The number of Topliss-reactive ketones (excluding diaryl/α,β-unsaturated/α-hetero) is 1. The maximum atomic E-state index is 17.2. The summed E-state index contributed by atoms with van der Waals surface area (Å²) in [7, 11) is 0. The second kappa shape index (κ2) is 12.8. The van der Waals surface area contributed by atoms with Gasteiger partial charge in [0.15, 0.2) is 23.7 Å². The van der Waals surface area contributed by atoms with Crippen molar-refractivity contribution in [2.24, 2.45) is 22.7 Å². The van der Waals surface area contributed by atoms with E-state index in [4.69, 9.17) is 19.9 Å². The largest absolute Gasteiger partial charge is 0.460 e. The van der Waals surface area contributed by atoms with Crippen LogP contribution in [0.1, 0.15) is 55.5 Å². The fourth-order valence-electron chi connectivity index (χ4n) is 8.27. The van der Waals surface area contributed by atoms with E-state index in [-0.39, 0.29) is 50.4 Å². The number of aliphatic hydroxyl groups excluding tert-OH is 2. The number of fused-ring (bicyclic) bond motifs is 5. The monoisotopic (exact) mass is 662 g/mol. The van der Waals surface area contributed by atoms with Crippen molar-refractivity contribution in [1.29, 1.82) is 0 Å². The van der Waals surface area contributed by atoms with Crippen LogP contribution in [-0.4, -0.2) is 98.0 Å². The van der Waals surface area contributed by atoms with E-state index in [0.717, 1.165) is 0 Å². The van der Waals surface area contributed by atoms with Gasteiger partial charge in [0.1, 0.15) is 6.61 Å². The van der Waals surface area contributed by atoms with Gasteiger partial charge in [-0.2, -0.15) is 0 Å². The molecule has 1 aromatic carbocycles. The number of hydrogen-bond acceptors (Lipinski definition) is 13. The molecule has 0 bridgehead atoms. The Balaban J connectivity index is 1.15. The molecule has 0 heterocycles. The lowest BCUT2D eigenvalue weighted by Gasteiger charge is -2.62. The van der Waals surface area contributed by atoms with E-state index in [1.165, 1.54) is 49.4 Å². The van der Waals surface area contributed by atoms with Crippen LogP contribution in [0.15, 0.2) is 48.1 Å². The van der Waals surface area contributed by atoms with Gasteiger partial charge in [0, 0.05) is 16.7 Å². The molecule has 0 aliphatic heterocycles. The number of nitrogens with zero attached hydrogens (tertiary/aromatic N) is 1. The molecule has 15 heteroatoms. The smallest absolute Gasteiger partial charge is 0.407 e. The number of allylic oxidation sites excluding steroid dienone is 4. The molecule has 4 aliphatic rings. The molecule has 0 radical (unpaired) electrons. The first-order valence-corrected chi connectivity index (χ1v) is 15.3. The molecule has 5 rings (SSSR count). The minimum absolute atomic E-state index is 0.114. The molecule has 47 heavy (non-hydrogen) atoms. The number of hydrogen-bond donors (Lipinski definition) is 6. The number of ketones is 2. The number of halogens is 1. The van der Waals surface area contributed by atoms with Crippen LogP contribution in [-0.2, 0) is 30.5 Å². The topological polar surface area (TPSA) is 212 Å². The Morgan fingerprint density at radius 3 is 2.45 bits per heavy atom. The van der Waals surface area contributed by atoms with Crippen LogP contribution in [0, 0.1) is 22.7 Å². The molecule has 0 saturated heterocycles. The molecular formula is C32H39FN2O12. The van der Waals surface area contributed by atoms with E-state index >= 15 is 4.39 Å². The highest BCUT2D eigenvalue weighted by Gasteiger charge is 2.76. The van der Waals surface area contributed by atoms with Crippen LogP contribution in [0.3, 0.4) is 0 Å². The number of amides is 1.